The van der Waals surface area contributed by atoms with Gasteiger partial charge in [-0.3, -0.25) is 14.4 Å². The maximum Gasteiger partial charge on any atom is 0.340 e. The number of carbonyl (C=O) groups is 5. The predicted octanol–water partition coefficient (Wildman–Crippen LogP) is 22.8. The summed E-state index contributed by atoms with van der Waals surface area (Å²) in [5.74, 6) is -5.73. The Morgan fingerprint density at radius 1 is 0.504 bits per heavy atom. The van der Waals surface area contributed by atoms with Crippen LogP contribution >= 0.6 is 0 Å². The van der Waals surface area contributed by atoms with E-state index in [1.54, 1.807) is 24.3 Å². The lowest BCUT2D eigenvalue weighted by Gasteiger charge is -2.22. The van der Waals surface area contributed by atoms with E-state index in [-0.39, 0.29) is 34.3 Å². The van der Waals surface area contributed by atoms with Crippen LogP contribution in [0.5, 0.6) is 11.5 Å². The van der Waals surface area contributed by atoms with Crippen LogP contribution in [-0.4, -0.2) is 79.8 Å². The van der Waals surface area contributed by atoms with Crippen molar-refractivity contribution in [2.24, 2.45) is 21.4 Å². The van der Waals surface area contributed by atoms with Gasteiger partial charge in [0.05, 0.1) is 11.2 Å². The minimum Gasteiger partial charge on any atom is -0.486 e. The van der Waals surface area contributed by atoms with E-state index in [2.05, 4.69) is 70.1 Å². The summed E-state index contributed by atoms with van der Waals surface area (Å²) >= 11 is 0. The molecule has 1 aliphatic rings. The Balaban J connectivity index is 0.000000176. The Morgan fingerprint density at radius 3 is 1.66 bits per heavy atom. The zero-order chi connectivity index (χ0) is 85.3. The topological polar surface area (TPSA) is 222 Å². The standard InChI is InChI=1S/C46H46F4N2O4.C27H26N2O3.C24H20N2O5/c1-7-9-14-31(8-2)25-52-39-20-19-32(42(51-56-30(6)53)35-17-12-13-18-40(35)55-26-46(49,50)45(47)48)23-36(39)37-24-38(33-15-10-11-16-34(33)43(37)52)44(54)41-28(4)21-27(3)22-29(41)5;1-5-14-29-25-12-10-20(18(3)28-32-19(4)30)15-23(25)24-16-21(11-13-26(24)29)27(31)22-9-7-6-8-17(22)2;1-15(27)30-25-23(16-7-5-4-6-8-16)17-9-11-19-20-12-10-18(31-26(28)29)14-22(20)24(2,3)21(19)13-17/h10-13,15-24,31,45H,7-9,14,25-26H2,1-6H3;6-13,15-16H,5,14H2,1-4H3;4-14H,1-3H3/b51-42+;28-18+;25-23+. The number of aryl methyl sites for hydroxylation is 5. The first-order chi connectivity index (χ1) is 56.9. The Bertz CT molecular complexity index is 6190. The third kappa shape index (κ3) is 18.5. The van der Waals surface area contributed by atoms with Gasteiger partial charge in [0.1, 0.15) is 22.9 Å². The van der Waals surface area contributed by atoms with Crippen LogP contribution in [0.25, 0.3) is 65.5 Å². The van der Waals surface area contributed by atoms with Gasteiger partial charge in [-0.2, -0.15) is 8.78 Å². The molecule has 18 nitrogen and oxygen atoms in total. The van der Waals surface area contributed by atoms with Crippen LogP contribution in [0.3, 0.4) is 0 Å². The first kappa shape index (κ1) is 85.1. The molecule has 0 fully saturated rings. The summed E-state index contributed by atoms with van der Waals surface area (Å²) in [6.07, 6.45) is 1.26. The number of hydrogen-bond acceptors (Lipinski definition) is 15. The molecule has 0 saturated carbocycles. The SMILES string of the molecule is CC(=O)O/N=C(\c1ccccc1)c1ccc2c(c1)C(C)(C)c1cc(O[N+](=O)[O-])ccc1-2.CCCCC(CC)Cn1c2ccc(/C(=N\OC(C)=O)c3ccccc3OCC(F)(F)C(F)F)cc2c2cc(C(=O)c3c(C)cc(C)cc3C)c3ccccc3c21.CCCn1c2ccc(C(=O)c3ccccc3C)cc2c2cc(/C(C)=N/OC(C)=O)ccc21. The van der Waals surface area contributed by atoms with Gasteiger partial charge in [0.2, 0.25) is 0 Å². The molecule has 14 rings (SSSR count). The van der Waals surface area contributed by atoms with Gasteiger partial charge in [0.25, 0.3) is 5.09 Å². The fourth-order valence-electron chi connectivity index (χ4n) is 15.8. The highest BCUT2D eigenvalue weighted by molar-refractivity contribution is 6.27. The number of hydrogen-bond donors (Lipinski definition) is 0. The maximum atomic E-state index is 14.7. The minimum absolute atomic E-state index is 0.0187. The molecule has 610 valence electrons. The number of ether oxygens (including phenoxy) is 1. The number of aromatic nitrogens is 2. The normalized spacial score (nSPS) is 12.8. The molecule has 11 aromatic carbocycles. The molecular weight excluding hydrogens is 1520 g/mol. The summed E-state index contributed by atoms with van der Waals surface area (Å²) in [5.41, 5.74) is 18.4. The summed E-state index contributed by atoms with van der Waals surface area (Å²) in [6, 6.07) is 65.8. The van der Waals surface area contributed by atoms with Gasteiger partial charge < -0.3 is 28.4 Å². The molecule has 0 bridgehead atoms. The van der Waals surface area contributed by atoms with Crippen LogP contribution in [0, 0.1) is 43.7 Å². The van der Waals surface area contributed by atoms with Gasteiger partial charge in [-0.15, -0.1) is 10.1 Å². The van der Waals surface area contributed by atoms with Crippen molar-refractivity contribution in [1.29, 1.82) is 0 Å². The maximum absolute atomic E-state index is 14.7. The Kier molecular flexibility index (Phi) is 26.1. The zero-order valence-electron chi connectivity index (χ0n) is 68.6. The minimum atomic E-state index is -4.40. The van der Waals surface area contributed by atoms with Crippen molar-refractivity contribution in [3.63, 3.8) is 0 Å². The summed E-state index contributed by atoms with van der Waals surface area (Å²) in [5, 5.41) is 27.5. The summed E-state index contributed by atoms with van der Waals surface area (Å²) in [6.45, 7) is 24.2. The van der Waals surface area contributed by atoms with Crippen LogP contribution in [0.15, 0.2) is 228 Å². The lowest BCUT2D eigenvalue weighted by atomic mass is 9.81. The number of carbonyl (C=O) groups excluding carboxylic acids is 5. The van der Waals surface area contributed by atoms with Crippen molar-refractivity contribution in [3.8, 4) is 22.6 Å². The summed E-state index contributed by atoms with van der Waals surface area (Å²) in [7, 11) is 0. The monoisotopic (exact) mass is 1610 g/mol. The number of rotatable bonds is 26. The highest BCUT2D eigenvalue weighted by Crippen LogP contribution is 2.50. The van der Waals surface area contributed by atoms with Crippen molar-refractivity contribution >= 4 is 101 Å². The average Bonchev–Trinajstić information content (AvgIpc) is 1.61. The van der Waals surface area contributed by atoms with Gasteiger partial charge >= 0.3 is 30.3 Å². The van der Waals surface area contributed by atoms with E-state index < -0.39 is 47.4 Å². The second-order valence-electron chi connectivity index (χ2n) is 30.4. The molecular formula is C97H92F4N6O12. The number of benzene rings is 11. The molecule has 13 aromatic rings. The lowest BCUT2D eigenvalue weighted by molar-refractivity contribution is -0.711. The Hall–Kier alpha value is -13.2. The van der Waals surface area contributed by atoms with E-state index in [9.17, 15) is 51.6 Å². The fraction of sp³-hybridized carbons (Fsp3) is 0.258. The van der Waals surface area contributed by atoms with Crippen LogP contribution in [-0.2, 0) is 47.4 Å². The van der Waals surface area contributed by atoms with Crippen LogP contribution in [0.1, 0.15) is 187 Å². The number of oxime groups is 3. The Morgan fingerprint density at radius 2 is 1.03 bits per heavy atom. The van der Waals surface area contributed by atoms with E-state index in [4.69, 9.17) is 19.2 Å². The second kappa shape index (κ2) is 36.5. The number of halogens is 4. The zero-order valence-corrected chi connectivity index (χ0v) is 68.6. The van der Waals surface area contributed by atoms with Gasteiger partial charge in [0.15, 0.2) is 18.2 Å². The van der Waals surface area contributed by atoms with Crippen molar-refractivity contribution in [1.82, 2.24) is 9.13 Å². The molecule has 0 aliphatic heterocycles. The van der Waals surface area contributed by atoms with E-state index in [1.807, 2.05) is 198 Å². The molecule has 0 spiro atoms. The molecule has 2 heterocycles. The van der Waals surface area contributed by atoms with Crippen LogP contribution in [0.2, 0.25) is 0 Å². The molecule has 2 aromatic heterocycles. The van der Waals surface area contributed by atoms with Gasteiger partial charge in [-0.1, -0.05) is 208 Å². The van der Waals surface area contributed by atoms with E-state index >= 15 is 0 Å². The second-order valence-corrected chi connectivity index (χ2v) is 30.4. The van der Waals surface area contributed by atoms with Crippen molar-refractivity contribution in [2.45, 2.75) is 153 Å². The third-order valence-electron chi connectivity index (χ3n) is 21.5. The Labute approximate surface area is 686 Å². The molecule has 119 heavy (non-hydrogen) atoms. The summed E-state index contributed by atoms with van der Waals surface area (Å²) < 4.78 is 64.1. The van der Waals surface area contributed by atoms with Crippen LogP contribution in [0.4, 0.5) is 17.6 Å². The highest BCUT2D eigenvalue weighted by atomic mass is 19.3. The molecule has 22 heteroatoms. The van der Waals surface area contributed by atoms with E-state index in [0.29, 0.717) is 45.2 Å². The smallest absolute Gasteiger partial charge is 0.340 e. The van der Waals surface area contributed by atoms with Crippen molar-refractivity contribution < 1.29 is 70.7 Å². The number of nitrogens with zero attached hydrogens (tertiary/aromatic N) is 6. The highest BCUT2D eigenvalue weighted by Gasteiger charge is 2.42. The first-order valence-electron chi connectivity index (χ1n) is 39.5. The number of alkyl halides is 4. The molecule has 0 radical (unpaired) electrons. The van der Waals surface area contributed by atoms with Crippen molar-refractivity contribution in [2.75, 3.05) is 6.61 Å². The predicted molar refractivity (Wildman–Crippen MR) is 458 cm³/mol. The number of unbranched alkanes of at least 4 members (excludes halogenated alkanes) is 1. The van der Waals surface area contributed by atoms with Gasteiger partial charge in [0, 0.05) is 127 Å². The largest absolute Gasteiger partial charge is 0.486 e. The number of para-hydroxylation sites is 1. The fourth-order valence-corrected chi connectivity index (χ4v) is 15.8. The van der Waals surface area contributed by atoms with Gasteiger partial charge in [-0.05, 0) is 182 Å². The van der Waals surface area contributed by atoms with Crippen molar-refractivity contribution in [3.05, 3.63) is 306 Å². The third-order valence-corrected chi connectivity index (χ3v) is 21.5. The van der Waals surface area contributed by atoms with E-state index in [0.717, 1.165) is 161 Å². The molecule has 0 N–H and O–H groups in total. The average molecular weight is 1610 g/mol. The number of fused-ring (bicyclic) bond motifs is 11. The quantitative estimate of drug-likeness (QED) is 0.0123. The first-order valence-corrected chi connectivity index (χ1v) is 39.5. The molecule has 0 saturated heterocycles. The molecule has 1 aliphatic carbocycles. The number of ketones is 2. The molecule has 1 atom stereocenters. The molecule has 0 amide bonds. The lowest BCUT2D eigenvalue weighted by Crippen LogP contribution is -2.34. The summed E-state index contributed by atoms with van der Waals surface area (Å²) in [4.78, 5) is 92.8. The molecule has 1 unspecified atom stereocenters. The van der Waals surface area contributed by atoms with Gasteiger partial charge in [-0.25, -0.2) is 23.2 Å². The van der Waals surface area contributed by atoms with E-state index in [1.165, 1.54) is 39.0 Å². The van der Waals surface area contributed by atoms with Crippen LogP contribution < -0.4 is 9.57 Å².